The fourth-order valence-corrected chi connectivity index (χ4v) is 3.93. The number of rotatable bonds is 6. The molecule has 4 aromatic rings. The van der Waals surface area contributed by atoms with Gasteiger partial charge in [0.1, 0.15) is 0 Å². The molecular weight excluding hydrogens is 444 g/mol. The maximum Gasteiger partial charge on any atom is 0.247 e. The number of hydrogen-bond acceptors (Lipinski definition) is 7. The normalized spacial score (nSPS) is 13.4. The van der Waals surface area contributed by atoms with Crippen LogP contribution < -0.4 is 21.0 Å². The molecule has 9 heteroatoms. The predicted molar refractivity (Wildman–Crippen MR) is 137 cm³/mol. The van der Waals surface area contributed by atoms with E-state index in [1.807, 2.05) is 36.4 Å². The number of amides is 1. The van der Waals surface area contributed by atoms with Crippen LogP contribution in [0.4, 0.5) is 23.0 Å². The minimum absolute atomic E-state index is 0.172. The molecule has 0 unspecified atom stereocenters. The summed E-state index contributed by atoms with van der Waals surface area (Å²) in [5.74, 6) is 0.0625. The molecule has 3 heterocycles. The lowest BCUT2D eigenvalue weighted by Crippen LogP contribution is -2.36. The topological polar surface area (TPSA) is 101 Å². The van der Waals surface area contributed by atoms with Gasteiger partial charge in [-0.2, -0.15) is 4.98 Å². The fourth-order valence-electron chi connectivity index (χ4n) is 3.93. The Morgan fingerprint density at radius 3 is 2.60 bits per heavy atom. The third-order valence-corrected chi connectivity index (χ3v) is 5.71. The zero-order chi connectivity index (χ0) is 24.2. The van der Waals surface area contributed by atoms with Gasteiger partial charge >= 0.3 is 0 Å². The molecule has 1 aliphatic heterocycles. The smallest absolute Gasteiger partial charge is 0.247 e. The molecule has 2 aromatic heterocycles. The highest BCUT2D eigenvalue weighted by atomic mass is 16.5. The third-order valence-electron chi connectivity index (χ3n) is 5.71. The van der Waals surface area contributed by atoms with E-state index in [1.54, 1.807) is 22.9 Å². The second kappa shape index (κ2) is 9.78. The predicted octanol–water partition coefficient (Wildman–Crippen LogP) is 3.49. The molecule has 0 spiro atoms. The highest BCUT2D eigenvalue weighted by Crippen LogP contribution is 2.23. The molecule has 35 heavy (non-hydrogen) atoms. The van der Waals surface area contributed by atoms with Gasteiger partial charge in [-0.15, -0.1) is 0 Å². The number of hydrogen-bond donors (Lipinski definition) is 2. The molecule has 2 aromatic carbocycles. The van der Waals surface area contributed by atoms with Gasteiger partial charge in [-0.3, -0.25) is 9.59 Å². The molecule has 5 rings (SSSR count). The first-order chi connectivity index (χ1) is 17.1. The van der Waals surface area contributed by atoms with Crippen LogP contribution >= 0.6 is 0 Å². The van der Waals surface area contributed by atoms with Crippen molar-refractivity contribution in [3.8, 4) is 5.69 Å². The average Bonchev–Trinajstić information content (AvgIpc) is 2.90. The Hall–Kier alpha value is -4.50. The van der Waals surface area contributed by atoms with Crippen molar-refractivity contribution < 1.29 is 9.53 Å². The molecule has 1 aliphatic rings. The molecule has 9 nitrogen and oxygen atoms in total. The highest BCUT2D eigenvalue weighted by Gasteiger charge is 2.12. The summed E-state index contributed by atoms with van der Waals surface area (Å²) >= 11 is 0. The zero-order valence-corrected chi connectivity index (χ0v) is 19.0. The molecule has 0 aliphatic carbocycles. The van der Waals surface area contributed by atoms with E-state index in [1.165, 1.54) is 18.3 Å². The number of nitrogens with one attached hydrogen (secondary N) is 2. The van der Waals surface area contributed by atoms with Crippen molar-refractivity contribution in [3.63, 3.8) is 0 Å². The van der Waals surface area contributed by atoms with Crippen molar-refractivity contribution in [2.45, 2.75) is 0 Å². The molecular formula is C26H24N6O3. The lowest BCUT2D eigenvalue weighted by Gasteiger charge is -2.28. The molecule has 0 saturated carbocycles. The summed E-state index contributed by atoms with van der Waals surface area (Å²) in [5, 5.41) is 6.36. The lowest BCUT2D eigenvalue weighted by molar-refractivity contribution is -0.111. The van der Waals surface area contributed by atoms with Gasteiger partial charge in [-0.25, -0.2) is 4.98 Å². The number of fused-ring (bicyclic) bond motifs is 1. The third kappa shape index (κ3) is 4.90. The summed E-state index contributed by atoms with van der Waals surface area (Å²) in [7, 11) is 0. The standard InChI is InChI=1S/C26H24N6O3/c1-2-24(34)28-19-4-3-5-21(16-19)32-11-10-23(33)22-17-27-26(30-25(22)32)29-18-6-8-20(9-7-18)31-12-14-35-15-13-31/h2-11,16-17H,1,12-15H2,(H,28,34)(H,27,29,30). The van der Waals surface area contributed by atoms with E-state index in [0.717, 1.165) is 43.4 Å². The van der Waals surface area contributed by atoms with Crippen LogP contribution in [0.3, 0.4) is 0 Å². The summed E-state index contributed by atoms with van der Waals surface area (Å²) in [6.07, 6.45) is 4.39. The summed E-state index contributed by atoms with van der Waals surface area (Å²) in [6.45, 7) is 6.69. The lowest BCUT2D eigenvalue weighted by atomic mass is 10.2. The Morgan fingerprint density at radius 1 is 1.03 bits per heavy atom. The maximum absolute atomic E-state index is 12.5. The minimum atomic E-state index is -0.305. The summed E-state index contributed by atoms with van der Waals surface area (Å²) < 4.78 is 7.21. The van der Waals surface area contributed by atoms with E-state index in [9.17, 15) is 9.59 Å². The van der Waals surface area contributed by atoms with Crippen molar-refractivity contribution in [1.29, 1.82) is 0 Å². The highest BCUT2D eigenvalue weighted by molar-refractivity contribution is 5.99. The SMILES string of the molecule is C=CC(=O)Nc1cccc(-n2ccc(=O)c3cnc(Nc4ccc(N5CCOCC5)cc4)nc32)c1. The van der Waals surface area contributed by atoms with Crippen LogP contribution in [0.15, 0.2) is 84.4 Å². The zero-order valence-electron chi connectivity index (χ0n) is 19.0. The van der Waals surface area contributed by atoms with Crippen LogP contribution in [-0.2, 0) is 9.53 Å². The fraction of sp³-hybridized carbons (Fsp3) is 0.154. The van der Waals surface area contributed by atoms with Crippen molar-refractivity contribution in [2.24, 2.45) is 0 Å². The average molecular weight is 469 g/mol. The second-order valence-electron chi connectivity index (χ2n) is 8.00. The van der Waals surface area contributed by atoms with E-state index < -0.39 is 0 Å². The molecule has 0 radical (unpaired) electrons. The van der Waals surface area contributed by atoms with Crippen LogP contribution in [0, 0.1) is 0 Å². The van der Waals surface area contributed by atoms with E-state index >= 15 is 0 Å². The van der Waals surface area contributed by atoms with Crippen LogP contribution in [-0.4, -0.2) is 46.7 Å². The summed E-state index contributed by atoms with van der Waals surface area (Å²) in [4.78, 5) is 35.4. The van der Waals surface area contributed by atoms with Crippen LogP contribution in [0.5, 0.6) is 0 Å². The molecule has 0 bridgehead atoms. The van der Waals surface area contributed by atoms with E-state index in [0.29, 0.717) is 22.7 Å². The first-order valence-corrected chi connectivity index (χ1v) is 11.2. The van der Waals surface area contributed by atoms with Crippen molar-refractivity contribution >= 4 is 40.0 Å². The number of anilines is 4. The van der Waals surface area contributed by atoms with Gasteiger partial charge in [0.25, 0.3) is 0 Å². The number of carbonyl (C=O) groups excluding carboxylic acids is 1. The number of aromatic nitrogens is 3. The number of benzene rings is 2. The van der Waals surface area contributed by atoms with Crippen LogP contribution in [0.25, 0.3) is 16.7 Å². The van der Waals surface area contributed by atoms with Crippen LogP contribution in [0.2, 0.25) is 0 Å². The van der Waals surface area contributed by atoms with Gasteiger partial charge in [-0.05, 0) is 48.5 Å². The number of nitrogens with zero attached hydrogens (tertiary/aromatic N) is 4. The van der Waals surface area contributed by atoms with Gasteiger partial charge in [-0.1, -0.05) is 12.6 Å². The molecule has 1 fully saturated rings. The summed E-state index contributed by atoms with van der Waals surface area (Å²) in [5.41, 5.74) is 3.58. The van der Waals surface area contributed by atoms with Crippen molar-refractivity contribution in [3.05, 3.63) is 89.9 Å². The van der Waals surface area contributed by atoms with Gasteiger partial charge < -0.3 is 24.8 Å². The van der Waals surface area contributed by atoms with Crippen LogP contribution in [0.1, 0.15) is 0 Å². The maximum atomic E-state index is 12.5. The first kappa shape index (κ1) is 22.3. The van der Waals surface area contributed by atoms with Gasteiger partial charge in [0.2, 0.25) is 11.9 Å². The number of carbonyl (C=O) groups is 1. The minimum Gasteiger partial charge on any atom is -0.378 e. The monoisotopic (exact) mass is 468 g/mol. The summed E-state index contributed by atoms with van der Waals surface area (Å²) in [6, 6.07) is 16.8. The number of morpholine rings is 1. The Kier molecular flexibility index (Phi) is 6.23. The quantitative estimate of drug-likeness (QED) is 0.418. The molecule has 176 valence electrons. The number of ether oxygens (including phenoxy) is 1. The first-order valence-electron chi connectivity index (χ1n) is 11.2. The van der Waals surface area contributed by atoms with Crippen molar-refractivity contribution in [2.75, 3.05) is 41.8 Å². The van der Waals surface area contributed by atoms with E-state index in [4.69, 9.17) is 4.74 Å². The van der Waals surface area contributed by atoms with E-state index in [-0.39, 0.29) is 11.3 Å². The second-order valence-corrected chi connectivity index (χ2v) is 8.00. The molecule has 0 atom stereocenters. The van der Waals surface area contributed by atoms with E-state index in [2.05, 4.69) is 32.1 Å². The van der Waals surface area contributed by atoms with Gasteiger partial charge in [0.05, 0.1) is 18.6 Å². The largest absolute Gasteiger partial charge is 0.378 e. The Bertz CT molecular complexity index is 1440. The van der Waals surface area contributed by atoms with Gasteiger partial charge in [0.15, 0.2) is 11.1 Å². The number of pyridine rings is 1. The Morgan fingerprint density at radius 2 is 1.83 bits per heavy atom. The Balaban J connectivity index is 1.45. The molecule has 1 amide bonds. The van der Waals surface area contributed by atoms with Crippen molar-refractivity contribution in [1.82, 2.24) is 14.5 Å². The molecule has 2 N–H and O–H groups in total. The Labute approximate surface area is 201 Å². The van der Waals surface area contributed by atoms with Gasteiger partial charge in [0, 0.05) is 54.3 Å². The molecule has 1 saturated heterocycles.